The molecule has 0 radical (unpaired) electrons. The predicted molar refractivity (Wildman–Crippen MR) is 110 cm³/mol. The van der Waals surface area contributed by atoms with Gasteiger partial charge in [-0.2, -0.15) is 13.9 Å². The number of benzene rings is 2. The third-order valence-corrected chi connectivity index (χ3v) is 4.98. The van der Waals surface area contributed by atoms with Gasteiger partial charge >= 0.3 is 6.61 Å². The Labute approximate surface area is 174 Å². The summed E-state index contributed by atoms with van der Waals surface area (Å²) >= 11 is 1.18. The second kappa shape index (κ2) is 8.42. The zero-order valence-electron chi connectivity index (χ0n) is 15.8. The summed E-state index contributed by atoms with van der Waals surface area (Å²) in [7, 11) is 0. The number of amides is 1. The topological polar surface area (TPSA) is 69.0 Å². The lowest BCUT2D eigenvalue weighted by molar-refractivity contribution is -0.0494. The number of rotatable bonds is 6. The van der Waals surface area contributed by atoms with E-state index >= 15 is 0 Å². The molecule has 0 saturated heterocycles. The highest BCUT2D eigenvalue weighted by molar-refractivity contribution is 7.14. The monoisotopic (exact) mass is 426 g/mol. The number of alkyl halides is 2. The van der Waals surface area contributed by atoms with E-state index in [0.29, 0.717) is 16.4 Å². The summed E-state index contributed by atoms with van der Waals surface area (Å²) in [5.74, 6) is -0.390. The zero-order valence-corrected chi connectivity index (χ0v) is 16.6. The number of aryl methyl sites for hydroxylation is 1. The number of carbonyl (C=O) groups excluding carboxylic acids is 1. The van der Waals surface area contributed by atoms with Crippen LogP contribution in [0.4, 0.5) is 13.9 Å². The van der Waals surface area contributed by atoms with Crippen molar-refractivity contribution in [2.75, 3.05) is 5.32 Å². The van der Waals surface area contributed by atoms with Gasteiger partial charge in [-0.05, 0) is 37.3 Å². The van der Waals surface area contributed by atoms with Gasteiger partial charge < -0.3 is 4.74 Å². The van der Waals surface area contributed by atoms with Crippen LogP contribution >= 0.6 is 11.3 Å². The van der Waals surface area contributed by atoms with Crippen molar-refractivity contribution in [1.29, 1.82) is 0 Å². The summed E-state index contributed by atoms with van der Waals surface area (Å²) in [5.41, 5.74) is 2.75. The molecule has 152 valence electrons. The van der Waals surface area contributed by atoms with E-state index in [0.717, 1.165) is 11.4 Å². The maximum atomic E-state index is 12.6. The fourth-order valence-electron chi connectivity index (χ4n) is 2.91. The Balaban J connectivity index is 1.53. The highest BCUT2D eigenvalue weighted by Gasteiger charge is 2.17. The minimum Gasteiger partial charge on any atom is -0.434 e. The summed E-state index contributed by atoms with van der Waals surface area (Å²) in [6.07, 6.45) is 0. The first-order chi connectivity index (χ1) is 14.5. The molecule has 0 fully saturated rings. The lowest BCUT2D eigenvalue weighted by atomic mass is 10.1. The number of ether oxygens (including phenoxy) is 1. The molecule has 0 aliphatic carbocycles. The van der Waals surface area contributed by atoms with E-state index in [1.807, 2.05) is 37.3 Å². The molecular formula is C21H16F2N4O2S. The number of nitrogens with zero attached hydrogens (tertiary/aromatic N) is 3. The van der Waals surface area contributed by atoms with Crippen LogP contribution < -0.4 is 10.1 Å². The molecule has 0 aliphatic heterocycles. The summed E-state index contributed by atoms with van der Waals surface area (Å²) in [5, 5.41) is 9.06. The number of halogens is 2. The van der Waals surface area contributed by atoms with Crippen molar-refractivity contribution in [3.05, 3.63) is 77.4 Å². The molecule has 2 aromatic carbocycles. The quantitative estimate of drug-likeness (QED) is 0.463. The summed E-state index contributed by atoms with van der Waals surface area (Å²) in [4.78, 5) is 17.0. The van der Waals surface area contributed by atoms with E-state index in [1.165, 1.54) is 17.4 Å². The summed E-state index contributed by atoms with van der Waals surface area (Å²) in [6, 6.07) is 17.5. The molecule has 1 amide bonds. The molecule has 0 spiro atoms. The van der Waals surface area contributed by atoms with Crippen LogP contribution in [0.5, 0.6) is 5.75 Å². The Morgan fingerprint density at radius 2 is 1.87 bits per heavy atom. The van der Waals surface area contributed by atoms with Gasteiger partial charge in [-0.15, -0.1) is 11.3 Å². The van der Waals surface area contributed by atoms with Gasteiger partial charge in [-0.25, -0.2) is 9.67 Å². The number of carbonyl (C=O) groups is 1. The average molecular weight is 426 g/mol. The second-order valence-electron chi connectivity index (χ2n) is 6.28. The van der Waals surface area contributed by atoms with E-state index in [1.54, 1.807) is 34.3 Å². The largest absolute Gasteiger partial charge is 0.434 e. The highest BCUT2D eigenvalue weighted by atomic mass is 32.1. The number of aromatic nitrogens is 3. The van der Waals surface area contributed by atoms with Crippen molar-refractivity contribution in [2.45, 2.75) is 13.5 Å². The number of thiazole rings is 1. The minimum absolute atomic E-state index is 0.0212. The van der Waals surface area contributed by atoms with Crippen LogP contribution in [0.25, 0.3) is 16.9 Å². The van der Waals surface area contributed by atoms with Gasteiger partial charge in [-0.3, -0.25) is 10.1 Å². The maximum absolute atomic E-state index is 12.6. The molecular weight excluding hydrogens is 410 g/mol. The third-order valence-electron chi connectivity index (χ3n) is 4.22. The lowest BCUT2D eigenvalue weighted by Gasteiger charge is -2.08. The standard InChI is InChI=1S/C21H16F2N4O2S/c1-13-11-16(26-27(13)14-7-3-2-4-8-14)19(28)25-21-24-17(12-30-21)15-9-5-6-10-18(15)29-20(22)23/h2-12,20H,1H3,(H,24,25,28). The van der Waals surface area contributed by atoms with Crippen molar-refractivity contribution in [3.8, 4) is 22.7 Å². The van der Waals surface area contributed by atoms with Crippen molar-refractivity contribution < 1.29 is 18.3 Å². The molecule has 0 aliphatic rings. The number of nitrogens with one attached hydrogen (secondary N) is 1. The van der Waals surface area contributed by atoms with Crippen molar-refractivity contribution >= 4 is 22.4 Å². The van der Waals surface area contributed by atoms with E-state index in [-0.39, 0.29) is 11.4 Å². The van der Waals surface area contributed by atoms with Crippen LogP contribution in [0, 0.1) is 6.92 Å². The first-order valence-electron chi connectivity index (χ1n) is 8.94. The molecule has 0 unspecified atom stereocenters. The molecule has 2 aromatic heterocycles. The molecule has 0 bridgehead atoms. The molecule has 4 aromatic rings. The maximum Gasteiger partial charge on any atom is 0.387 e. The lowest BCUT2D eigenvalue weighted by Crippen LogP contribution is -2.13. The van der Waals surface area contributed by atoms with Crippen molar-refractivity contribution in [1.82, 2.24) is 14.8 Å². The number of anilines is 1. The van der Waals surface area contributed by atoms with Crippen LogP contribution in [-0.2, 0) is 0 Å². The third kappa shape index (κ3) is 4.20. The number of hydrogen-bond acceptors (Lipinski definition) is 5. The van der Waals surface area contributed by atoms with Gasteiger partial charge in [0, 0.05) is 16.6 Å². The van der Waals surface area contributed by atoms with Crippen LogP contribution in [0.1, 0.15) is 16.2 Å². The molecule has 9 heteroatoms. The van der Waals surface area contributed by atoms with Crippen molar-refractivity contribution in [3.63, 3.8) is 0 Å². The number of para-hydroxylation sites is 2. The molecule has 0 atom stereocenters. The van der Waals surface area contributed by atoms with Crippen LogP contribution in [-0.4, -0.2) is 27.3 Å². The fraction of sp³-hybridized carbons (Fsp3) is 0.0952. The molecule has 1 N–H and O–H groups in total. The Hall–Kier alpha value is -3.59. The van der Waals surface area contributed by atoms with Gasteiger partial charge in [0.25, 0.3) is 5.91 Å². The molecule has 4 rings (SSSR count). The highest BCUT2D eigenvalue weighted by Crippen LogP contribution is 2.33. The average Bonchev–Trinajstić information content (AvgIpc) is 3.35. The first-order valence-corrected chi connectivity index (χ1v) is 9.82. The van der Waals surface area contributed by atoms with Gasteiger partial charge in [0.2, 0.25) is 0 Å². The van der Waals surface area contributed by atoms with Crippen LogP contribution in [0.15, 0.2) is 66.0 Å². The molecule has 0 saturated carbocycles. The van der Waals surface area contributed by atoms with E-state index in [9.17, 15) is 13.6 Å². The van der Waals surface area contributed by atoms with Gasteiger partial charge in [-0.1, -0.05) is 30.3 Å². The second-order valence-corrected chi connectivity index (χ2v) is 7.14. The number of hydrogen-bond donors (Lipinski definition) is 1. The van der Waals surface area contributed by atoms with E-state index < -0.39 is 12.5 Å². The van der Waals surface area contributed by atoms with E-state index in [4.69, 9.17) is 0 Å². The smallest absolute Gasteiger partial charge is 0.387 e. The Kier molecular flexibility index (Phi) is 5.53. The van der Waals surface area contributed by atoms with E-state index in [2.05, 4.69) is 20.1 Å². The summed E-state index contributed by atoms with van der Waals surface area (Å²) < 4.78 is 31.5. The Bertz CT molecular complexity index is 1170. The van der Waals surface area contributed by atoms with Gasteiger partial charge in [0.1, 0.15) is 5.75 Å². The zero-order chi connectivity index (χ0) is 21.1. The molecule has 30 heavy (non-hydrogen) atoms. The normalized spacial score (nSPS) is 10.9. The molecule has 2 heterocycles. The van der Waals surface area contributed by atoms with Gasteiger partial charge in [0.15, 0.2) is 10.8 Å². The van der Waals surface area contributed by atoms with Gasteiger partial charge in [0.05, 0.1) is 11.4 Å². The van der Waals surface area contributed by atoms with Crippen LogP contribution in [0.3, 0.4) is 0 Å². The Morgan fingerprint density at radius 1 is 1.13 bits per heavy atom. The Morgan fingerprint density at radius 3 is 2.63 bits per heavy atom. The molecule has 6 nitrogen and oxygen atoms in total. The predicted octanol–water partition coefficient (Wildman–Crippen LogP) is 5.16. The fourth-order valence-corrected chi connectivity index (χ4v) is 3.61. The SMILES string of the molecule is Cc1cc(C(=O)Nc2nc(-c3ccccc3OC(F)F)cs2)nn1-c1ccccc1. The first kappa shape index (κ1) is 19.7. The van der Waals surface area contributed by atoms with Crippen molar-refractivity contribution in [2.24, 2.45) is 0 Å². The minimum atomic E-state index is -2.94. The van der Waals surface area contributed by atoms with Crippen LogP contribution in [0.2, 0.25) is 0 Å². The summed E-state index contributed by atoms with van der Waals surface area (Å²) in [6.45, 7) is -1.08.